The summed E-state index contributed by atoms with van der Waals surface area (Å²) in [5.74, 6) is 1.46. The molecule has 0 aliphatic heterocycles. The smallest absolute Gasteiger partial charge is 0.528 e. The average Bonchev–Trinajstić information content (AvgIpc) is 2.41. The van der Waals surface area contributed by atoms with Crippen LogP contribution in [0.5, 0.6) is 11.5 Å². The number of hydrogen-bond acceptors (Lipinski definition) is 4. The van der Waals surface area contributed by atoms with E-state index in [1.54, 1.807) is 0 Å². The molecule has 0 heterocycles. The minimum atomic E-state index is 0.118. The first-order valence-electron chi connectivity index (χ1n) is 6.87. The molecule has 5 heteroatoms. The van der Waals surface area contributed by atoms with Gasteiger partial charge in [0.1, 0.15) is 11.5 Å². The molecule has 21 heavy (non-hydrogen) atoms. The van der Waals surface area contributed by atoms with Crippen molar-refractivity contribution in [3.63, 3.8) is 0 Å². The molecule has 2 rings (SSSR count). The molecule has 0 aliphatic rings. The van der Waals surface area contributed by atoms with Crippen molar-refractivity contribution >= 4 is 19.1 Å². The number of aryl methyl sites for hydroxylation is 4. The highest BCUT2D eigenvalue weighted by Crippen LogP contribution is 2.26. The summed E-state index contributed by atoms with van der Waals surface area (Å²) in [6.45, 7) is 7.91. The molecule has 0 atom stereocenters. The number of nitrogen functional groups attached to an aromatic ring is 2. The van der Waals surface area contributed by atoms with Crippen molar-refractivity contribution in [2.45, 2.75) is 27.7 Å². The summed E-state index contributed by atoms with van der Waals surface area (Å²) in [6, 6.07) is 7.65. The van der Waals surface area contributed by atoms with Gasteiger partial charge in [-0.1, -0.05) is 12.1 Å². The van der Waals surface area contributed by atoms with Crippen molar-refractivity contribution in [3.8, 4) is 11.5 Å². The Hall–Kier alpha value is -2.30. The van der Waals surface area contributed by atoms with Crippen molar-refractivity contribution in [3.05, 3.63) is 46.5 Å². The van der Waals surface area contributed by atoms with Crippen LogP contribution in [0.2, 0.25) is 0 Å². The zero-order chi connectivity index (χ0) is 15.6. The molecule has 110 valence electrons. The Morgan fingerprint density at radius 2 is 1.05 bits per heavy atom. The Morgan fingerprint density at radius 3 is 1.43 bits per heavy atom. The van der Waals surface area contributed by atoms with Crippen LogP contribution in [-0.2, 0) is 0 Å². The van der Waals surface area contributed by atoms with Crippen LogP contribution in [0.3, 0.4) is 0 Å². The monoisotopic (exact) mass is 284 g/mol. The van der Waals surface area contributed by atoms with Crippen LogP contribution >= 0.6 is 0 Å². The van der Waals surface area contributed by atoms with Gasteiger partial charge in [0.2, 0.25) is 0 Å². The Bertz CT molecular complexity index is 614. The van der Waals surface area contributed by atoms with E-state index in [9.17, 15) is 0 Å². The van der Waals surface area contributed by atoms with Gasteiger partial charge in [-0.05, 0) is 49.9 Å². The molecule has 4 N–H and O–H groups in total. The molecule has 2 aromatic rings. The summed E-state index contributed by atoms with van der Waals surface area (Å²) in [5.41, 5.74) is 17.4. The first-order valence-corrected chi connectivity index (χ1v) is 6.87. The van der Waals surface area contributed by atoms with Crippen molar-refractivity contribution in [1.82, 2.24) is 0 Å². The molecule has 0 amide bonds. The third-order valence-electron chi connectivity index (χ3n) is 3.56. The Kier molecular flexibility index (Phi) is 4.31. The highest BCUT2D eigenvalue weighted by Gasteiger charge is 2.08. The second kappa shape index (κ2) is 6.00. The van der Waals surface area contributed by atoms with Crippen molar-refractivity contribution in [2.75, 3.05) is 11.5 Å². The number of rotatable bonds is 4. The third kappa shape index (κ3) is 3.43. The van der Waals surface area contributed by atoms with E-state index >= 15 is 0 Å². The summed E-state index contributed by atoms with van der Waals surface area (Å²) in [5, 5.41) is 0. The maximum absolute atomic E-state index is 5.90. The van der Waals surface area contributed by atoms with Gasteiger partial charge in [-0.2, -0.15) is 0 Å². The van der Waals surface area contributed by atoms with E-state index in [-0.39, 0.29) is 7.69 Å². The lowest BCUT2D eigenvalue weighted by molar-refractivity contribution is 0.455. The number of benzene rings is 2. The van der Waals surface area contributed by atoms with Gasteiger partial charge in [-0.25, -0.2) is 0 Å². The van der Waals surface area contributed by atoms with E-state index in [1.807, 2.05) is 52.0 Å². The second-order valence-corrected chi connectivity index (χ2v) is 5.36. The topological polar surface area (TPSA) is 70.5 Å². The summed E-state index contributed by atoms with van der Waals surface area (Å²) >= 11 is 0. The number of nitrogens with two attached hydrogens (primary N) is 2. The molecule has 4 nitrogen and oxygen atoms in total. The first kappa shape index (κ1) is 15.1. The Labute approximate surface area is 126 Å². The van der Waals surface area contributed by atoms with Crippen molar-refractivity contribution in [2.24, 2.45) is 0 Å². The van der Waals surface area contributed by atoms with E-state index in [0.29, 0.717) is 11.4 Å². The quantitative estimate of drug-likeness (QED) is 0.669. The zero-order valence-corrected chi connectivity index (χ0v) is 13.0. The van der Waals surface area contributed by atoms with Gasteiger partial charge in [-0.3, -0.25) is 0 Å². The molecule has 2 aromatic carbocycles. The van der Waals surface area contributed by atoms with Crippen LogP contribution in [-0.4, -0.2) is 7.69 Å². The van der Waals surface area contributed by atoms with Crippen LogP contribution < -0.4 is 20.8 Å². The van der Waals surface area contributed by atoms with E-state index in [2.05, 4.69) is 0 Å². The van der Waals surface area contributed by atoms with Crippen LogP contribution in [0, 0.1) is 27.7 Å². The normalized spacial score (nSPS) is 10.3. The Balaban J connectivity index is 2.05. The SMILES string of the molecule is Cc1cc(C)c(OBOc2cc(N)c(C)cc2C)cc1N. The summed E-state index contributed by atoms with van der Waals surface area (Å²) in [6.07, 6.45) is 0. The van der Waals surface area contributed by atoms with E-state index < -0.39 is 0 Å². The number of hydrogen-bond donors (Lipinski definition) is 2. The Morgan fingerprint density at radius 1 is 0.667 bits per heavy atom. The maximum Gasteiger partial charge on any atom is 0.576 e. The molecular weight excluding hydrogens is 263 g/mol. The van der Waals surface area contributed by atoms with Gasteiger partial charge in [0.05, 0.1) is 0 Å². The minimum absolute atomic E-state index is 0.118. The van der Waals surface area contributed by atoms with Crippen LogP contribution in [0.4, 0.5) is 11.4 Å². The van der Waals surface area contributed by atoms with Crippen molar-refractivity contribution in [1.29, 1.82) is 0 Å². The maximum atomic E-state index is 5.90. The molecule has 0 aliphatic carbocycles. The summed E-state index contributed by atoms with van der Waals surface area (Å²) in [4.78, 5) is 0. The molecule has 0 bridgehead atoms. The fourth-order valence-corrected chi connectivity index (χ4v) is 2.16. The zero-order valence-electron chi connectivity index (χ0n) is 13.0. The highest BCUT2D eigenvalue weighted by atomic mass is 16.6. The minimum Gasteiger partial charge on any atom is -0.528 e. The van der Waals surface area contributed by atoms with Gasteiger partial charge in [0.15, 0.2) is 0 Å². The van der Waals surface area contributed by atoms with Gasteiger partial charge in [0.25, 0.3) is 0 Å². The largest absolute Gasteiger partial charge is 0.576 e. The molecule has 0 fully saturated rings. The van der Waals surface area contributed by atoms with Gasteiger partial charge < -0.3 is 20.8 Å². The summed E-state index contributed by atoms with van der Waals surface area (Å²) in [7, 11) is 0.118. The molecule has 0 aromatic heterocycles. The van der Waals surface area contributed by atoms with Crippen molar-refractivity contribution < 1.29 is 9.31 Å². The van der Waals surface area contributed by atoms with Crippen LogP contribution in [0.15, 0.2) is 24.3 Å². The predicted molar refractivity (Wildman–Crippen MR) is 89.1 cm³/mol. The predicted octanol–water partition coefficient (Wildman–Crippen LogP) is 2.81. The average molecular weight is 284 g/mol. The van der Waals surface area contributed by atoms with Crippen LogP contribution in [0.25, 0.3) is 0 Å². The fraction of sp³-hybridized carbons (Fsp3) is 0.250. The lowest BCUT2D eigenvalue weighted by atomic mass is 10.1. The highest BCUT2D eigenvalue weighted by molar-refractivity contribution is 6.21. The van der Waals surface area contributed by atoms with E-state index in [1.165, 1.54) is 0 Å². The molecular formula is C16H21BN2O2. The van der Waals surface area contributed by atoms with E-state index in [0.717, 1.165) is 33.8 Å². The lowest BCUT2D eigenvalue weighted by Crippen LogP contribution is -2.13. The lowest BCUT2D eigenvalue weighted by Gasteiger charge is -2.14. The molecule has 0 saturated carbocycles. The number of anilines is 2. The molecule has 0 spiro atoms. The van der Waals surface area contributed by atoms with Gasteiger partial charge >= 0.3 is 7.69 Å². The standard InChI is InChI=1S/C16H21BN2O2/c1-9-5-11(3)15(7-13(9)18)20-17-21-16-8-14(19)10(2)6-12(16)4/h5-8,17H,18-19H2,1-4H3. The second-order valence-electron chi connectivity index (χ2n) is 5.36. The fourth-order valence-electron chi connectivity index (χ4n) is 2.16. The molecule has 0 unspecified atom stereocenters. The van der Waals surface area contributed by atoms with E-state index in [4.69, 9.17) is 20.8 Å². The first-order chi connectivity index (χ1) is 9.88. The van der Waals surface area contributed by atoms with Gasteiger partial charge in [-0.15, -0.1) is 0 Å². The molecule has 0 saturated heterocycles. The van der Waals surface area contributed by atoms with Crippen LogP contribution in [0.1, 0.15) is 22.3 Å². The third-order valence-corrected chi connectivity index (χ3v) is 3.56. The molecule has 0 radical (unpaired) electrons. The van der Waals surface area contributed by atoms with Gasteiger partial charge in [0, 0.05) is 23.5 Å². The summed E-state index contributed by atoms with van der Waals surface area (Å²) < 4.78 is 11.3.